The lowest BCUT2D eigenvalue weighted by Gasteiger charge is -2.34. The van der Waals surface area contributed by atoms with Crippen LogP contribution in [0.15, 0.2) is 12.1 Å². The summed E-state index contributed by atoms with van der Waals surface area (Å²) in [5.41, 5.74) is 1.18. The van der Waals surface area contributed by atoms with Crippen LogP contribution in [0.1, 0.15) is 49.0 Å². The second-order valence-corrected chi connectivity index (χ2v) is 5.49. The van der Waals surface area contributed by atoms with Gasteiger partial charge in [0.1, 0.15) is 23.7 Å². The predicted molar refractivity (Wildman–Crippen MR) is 77.7 cm³/mol. The van der Waals surface area contributed by atoms with Gasteiger partial charge in [-0.1, -0.05) is 19.8 Å². The molecule has 0 spiro atoms. The molecule has 1 heterocycles. The van der Waals surface area contributed by atoms with Crippen LogP contribution in [0.2, 0.25) is 0 Å². The van der Waals surface area contributed by atoms with E-state index in [4.69, 9.17) is 14.2 Å². The fourth-order valence-electron chi connectivity index (χ4n) is 2.55. The minimum atomic E-state index is -1.16. The molecule has 5 nitrogen and oxygen atoms in total. The fourth-order valence-corrected chi connectivity index (χ4v) is 2.55. The molecule has 0 fully saturated rings. The smallest absolute Gasteiger partial charge is 0.345 e. The summed E-state index contributed by atoms with van der Waals surface area (Å²) in [7, 11) is 1.51. The number of carbonyl (C=O) groups excluding carboxylic acids is 1. The molecule has 2 rings (SSSR count). The third-order valence-electron chi connectivity index (χ3n) is 3.46. The summed E-state index contributed by atoms with van der Waals surface area (Å²) in [5, 5.41) is 9.85. The first-order chi connectivity index (χ1) is 9.99. The normalized spacial score (nSPS) is 20.6. The Hall–Kier alpha value is -1.75. The summed E-state index contributed by atoms with van der Waals surface area (Å²) >= 11 is 0. The van der Waals surface area contributed by atoms with E-state index in [0.29, 0.717) is 17.7 Å². The van der Waals surface area contributed by atoms with E-state index in [-0.39, 0.29) is 12.4 Å². The highest BCUT2D eigenvalue weighted by atomic mass is 16.7. The van der Waals surface area contributed by atoms with Crippen LogP contribution in [0.25, 0.3) is 0 Å². The first kappa shape index (κ1) is 15.6. The fraction of sp³-hybridized carbons (Fsp3) is 0.562. The average Bonchev–Trinajstić information content (AvgIpc) is 2.37. The highest BCUT2D eigenvalue weighted by Crippen LogP contribution is 2.37. The Kier molecular flexibility index (Phi) is 4.73. The number of phenolic OH excluding ortho intramolecular Hbond substituents is 1. The molecule has 0 radical (unpaired) electrons. The summed E-state index contributed by atoms with van der Waals surface area (Å²) in [5.74, 6) is -1.14. The summed E-state index contributed by atoms with van der Waals surface area (Å²) in [4.78, 5) is 12.3. The summed E-state index contributed by atoms with van der Waals surface area (Å²) in [6.07, 6.45) is 3.83. The number of fused-ring (bicyclic) bond motifs is 1. The zero-order valence-corrected chi connectivity index (χ0v) is 12.8. The van der Waals surface area contributed by atoms with Gasteiger partial charge in [-0.25, -0.2) is 4.79 Å². The maximum atomic E-state index is 12.3. The Labute approximate surface area is 124 Å². The maximum Gasteiger partial charge on any atom is 0.345 e. The molecule has 1 aromatic rings. The quantitative estimate of drug-likeness (QED) is 0.645. The van der Waals surface area contributed by atoms with Crippen LogP contribution >= 0.6 is 0 Å². The molecule has 1 aliphatic heterocycles. The molecular formula is C16H22O5. The van der Waals surface area contributed by atoms with E-state index in [2.05, 4.69) is 6.92 Å². The van der Waals surface area contributed by atoms with Crippen molar-refractivity contribution in [3.05, 3.63) is 23.3 Å². The minimum absolute atomic E-state index is 0.0923. The van der Waals surface area contributed by atoms with E-state index < -0.39 is 11.8 Å². The molecule has 0 saturated heterocycles. The van der Waals surface area contributed by atoms with Crippen LogP contribution in [-0.4, -0.2) is 30.6 Å². The largest absolute Gasteiger partial charge is 0.508 e. The Morgan fingerprint density at radius 1 is 1.29 bits per heavy atom. The van der Waals surface area contributed by atoms with Gasteiger partial charge in [0.2, 0.25) is 0 Å². The minimum Gasteiger partial charge on any atom is -0.508 e. The van der Waals surface area contributed by atoms with Crippen LogP contribution in [0.4, 0.5) is 0 Å². The molecule has 0 aliphatic carbocycles. The second-order valence-electron chi connectivity index (χ2n) is 5.49. The molecule has 1 aliphatic rings. The van der Waals surface area contributed by atoms with Gasteiger partial charge in [-0.15, -0.1) is 0 Å². The number of ether oxygens (including phenoxy) is 3. The molecule has 0 amide bonds. The number of rotatable bonds is 6. The van der Waals surface area contributed by atoms with Crippen molar-refractivity contribution in [1.82, 2.24) is 0 Å². The highest BCUT2D eigenvalue weighted by Gasteiger charge is 2.39. The maximum absolute atomic E-state index is 12.3. The van der Waals surface area contributed by atoms with Gasteiger partial charge >= 0.3 is 5.97 Å². The second kappa shape index (κ2) is 6.35. The molecule has 0 saturated carbocycles. The average molecular weight is 294 g/mol. The number of methoxy groups -OCH3 is 1. The van der Waals surface area contributed by atoms with E-state index in [9.17, 15) is 9.90 Å². The van der Waals surface area contributed by atoms with Crippen molar-refractivity contribution in [2.45, 2.75) is 45.3 Å². The van der Waals surface area contributed by atoms with Crippen molar-refractivity contribution < 1.29 is 24.1 Å². The molecule has 1 atom stereocenters. The van der Waals surface area contributed by atoms with E-state index in [1.165, 1.54) is 13.2 Å². The molecule has 1 N–H and O–H groups in total. The van der Waals surface area contributed by atoms with Crippen LogP contribution in [0, 0.1) is 0 Å². The summed E-state index contributed by atoms with van der Waals surface area (Å²) in [6, 6.07) is 3.06. The number of esters is 1. The number of cyclic esters (lactones) is 1. The lowest BCUT2D eigenvalue weighted by atomic mass is 9.99. The van der Waals surface area contributed by atoms with Crippen molar-refractivity contribution in [3.8, 4) is 11.5 Å². The van der Waals surface area contributed by atoms with Crippen LogP contribution in [0.5, 0.6) is 11.5 Å². The van der Waals surface area contributed by atoms with Crippen LogP contribution in [0.3, 0.4) is 0 Å². The first-order valence-corrected chi connectivity index (χ1v) is 7.26. The lowest BCUT2D eigenvalue weighted by Crippen LogP contribution is -2.45. The number of hydrogen-bond acceptors (Lipinski definition) is 5. The number of benzene rings is 1. The number of aromatic hydroxyl groups is 1. The van der Waals surface area contributed by atoms with Gasteiger partial charge in [-0.05, 0) is 24.5 Å². The van der Waals surface area contributed by atoms with Gasteiger partial charge in [-0.3, -0.25) is 0 Å². The number of carbonyl (C=O) groups is 1. The van der Waals surface area contributed by atoms with E-state index >= 15 is 0 Å². The summed E-state index contributed by atoms with van der Waals surface area (Å²) in [6.45, 7) is 3.88. The Morgan fingerprint density at radius 3 is 2.71 bits per heavy atom. The van der Waals surface area contributed by atoms with Crippen molar-refractivity contribution in [2.24, 2.45) is 0 Å². The zero-order valence-electron chi connectivity index (χ0n) is 12.8. The monoisotopic (exact) mass is 294 g/mol. The van der Waals surface area contributed by atoms with E-state index in [1.54, 1.807) is 13.0 Å². The molecule has 0 bridgehead atoms. The topological polar surface area (TPSA) is 65.0 Å². The van der Waals surface area contributed by atoms with Gasteiger partial charge in [0.15, 0.2) is 0 Å². The lowest BCUT2D eigenvalue weighted by molar-refractivity contribution is -0.171. The van der Waals surface area contributed by atoms with Crippen molar-refractivity contribution in [1.29, 1.82) is 0 Å². The Bertz CT molecular complexity index is 526. The number of hydrogen-bond donors (Lipinski definition) is 1. The SMILES string of the molecule is CCCCCc1cc(O)cc2c1C(=O)OC(C)(COC)O2. The third kappa shape index (κ3) is 3.47. The van der Waals surface area contributed by atoms with E-state index in [0.717, 1.165) is 24.8 Å². The van der Waals surface area contributed by atoms with E-state index in [1.807, 2.05) is 0 Å². The molecule has 21 heavy (non-hydrogen) atoms. The molecule has 1 aromatic carbocycles. The van der Waals surface area contributed by atoms with Gasteiger partial charge in [0, 0.05) is 20.1 Å². The highest BCUT2D eigenvalue weighted by molar-refractivity contribution is 5.95. The summed E-state index contributed by atoms with van der Waals surface area (Å²) < 4.78 is 16.1. The molecule has 116 valence electrons. The van der Waals surface area contributed by atoms with Gasteiger partial charge in [0.25, 0.3) is 5.79 Å². The molecule has 0 aromatic heterocycles. The third-order valence-corrected chi connectivity index (χ3v) is 3.46. The molecular weight excluding hydrogens is 272 g/mol. The Morgan fingerprint density at radius 2 is 2.05 bits per heavy atom. The van der Waals surface area contributed by atoms with Gasteiger partial charge in [0.05, 0.1) is 0 Å². The van der Waals surface area contributed by atoms with Gasteiger partial charge in [-0.2, -0.15) is 0 Å². The number of unbranched alkanes of at least 4 members (excludes halogenated alkanes) is 2. The van der Waals surface area contributed by atoms with Gasteiger partial charge < -0.3 is 19.3 Å². The zero-order chi connectivity index (χ0) is 15.5. The Balaban J connectivity index is 2.33. The van der Waals surface area contributed by atoms with Crippen LogP contribution in [-0.2, 0) is 15.9 Å². The molecule has 1 unspecified atom stereocenters. The van der Waals surface area contributed by atoms with Crippen molar-refractivity contribution in [3.63, 3.8) is 0 Å². The van der Waals surface area contributed by atoms with Crippen molar-refractivity contribution >= 4 is 5.97 Å². The standard InChI is InChI=1S/C16H22O5/c1-4-5-6-7-11-8-12(17)9-13-14(11)15(18)21-16(2,20-13)10-19-3/h8-9,17H,4-7,10H2,1-3H3. The first-order valence-electron chi connectivity index (χ1n) is 7.26. The van der Waals surface area contributed by atoms with Crippen LogP contribution < -0.4 is 4.74 Å². The number of aryl methyl sites for hydroxylation is 1. The number of phenols is 1. The van der Waals surface area contributed by atoms with Crippen molar-refractivity contribution in [2.75, 3.05) is 13.7 Å². The molecule has 5 heteroatoms. The predicted octanol–water partition coefficient (Wildman–Crippen LogP) is 3.04.